The lowest BCUT2D eigenvalue weighted by Gasteiger charge is -2.32. The molecule has 2 N–H and O–H groups in total. The first-order valence-corrected chi connectivity index (χ1v) is 7.84. The molecule has 1 saturated heterocycles. The third kappa shape index (κ3) is 6.25. The highest BCUT2D eigenvalue weighted by atomic mass is 19.4. The Bertz CT molecular complexity index is 432. The number of nitrogens with one attached hydrogen (secondary N) is 2. The highest BCUT2D eigenvalue weighted by molar-refractivity contribution is 5.83. The Hall–Kier alpha value is -1.51. The molecule has 6 nitrogen and oxygen atoms in total. The largest absolute Gasteiger partial charge is 0.406 e. The standard InChI is InChI=1S/C14H23F3N4O2/c1-20(9-14(15,16)17)12(22)8-18-13(23)19-10-4-6-21(7-5-10)11-2-3-11/h10-11H,2-9H2,1H3,(H2,18,19,23). The quantitative estimate of drug-likeness (QED) is 0.785. The monoisotopic (exact) mass is 336 g/mol. The van der Waals surface area contributed by atoms with Crippen molar-refractivity contribution in [2.24, 2.45) is 0 Å². The molecule has 0 aromatic carbocycles. The van der Waals surface area contributed by atoms with Crippen molar-refractivity contribution in [2.45, 2.75) is 43.9 Å². The van der Waals surface area contributed by atoms with Crippen molar-refractivity contribution in [1.29, 1.82) is 0 Å². The zero-order valence-corrected chi connectivity index (χ0v) is 13.2. The number of halogens is 3. The predicted molar refractivity (Wildman–Crippen MR) is 77.8 cm³/mol. The molecule has 0 bridgehead atoms. The molecule has 1 heterocycles. The first kappa shape index (κ1) is 17.8. The molecule has 1 aliphatic heterocycles. The predicted octanol–water partition coefficient (Wildman–Crippen LogP) is 0.933. The zero-order chi connectivity index (χ0) is 17.0. The van der Waals surface area contributed by atoms with Gasteiger partial charge in [0, 0.05) is 32.2 Å². The number of piperidine rings is 1. The van der Waals surface area contributed by atoms with Crippen molar-refractivity contribution in [2.75, 3.05) is 33.2 Å². The normalized spacial score (nSPS) is 20.2. The van der Waals surface area contributed by atoms with Crippen molar-refractivity contribution >= 4 is 11.9 Å². The average Bonchev–Trinajstić information content (AvgIpc) is 3.28. The molecule has 0 radical (unpaired) electrons. The Balaban J connectivity index is 1.62. The topological polar surface area (TPSA) is 64.7 Å². The van der Waals surface area contributed by atoms with E-state index in [1.807, 2.05) is 0 Å². The fourth-order valence-electron chi connectivity index (χ4n) is 2.73. The zero-order valence-electron chi connectivity index (χ0n) is 13.2. The second-order valence-corrected chi connectivity index (χ2v) is 6.23. The molecule has 9 heteroatoms. The van der Waals surface area contributed by atoms with Gasteiger partial charge in [0.05, 0.1) is 6.54 Å². The van der Waals surface area contributed by atoms with Gasteiger partial charge in [0.15, 0.2) is 0 Å². The Morgan fingerprint density at radius 1 is 1.17 bits per heavy atom. The van der Waals surface area contributed by atoms with E-state index in [2.05, 4.69) is 15.5 Å². The summed E-state index contributed by atoms with van der Waals surface area (Å²) in [5.74, 6) is -0.777. The first-order valence-electron chi connectivity index (χ1n) is 7.84. The number of hydrogen-bond acceptors (Lipinski definition) is 3. The van der Waals surface area contributed by atoms with E-state index in [1.54, 1.807) is 0 Å². The maximum atomic E-state index is 12.2. The molecule has 0 unspecified atom stereocenters. The van der Waals surface area contributed by atoms with Crippen LogP contribution in [-0.4, -0.2) is 73.2 Å². The smallest absolute Gasteiger partial charge is 0.335 e. The molecule has 132 valence electrons. The molecule has 2 fully saturated rings. The number of rotatable bonds is 5. The Kier molecular flexibility index (Phi) is 5.72. The molecule has 23 heavy (non-hydrogen) atoms. The summed E-state index contributed by atoms with van der Waals surface area (Å²) < 4.78 is 36.5. The van der Waals surface area contributed by atoms with Crippen molar-refractivity contribution < 1.29 is 22.8 Å². The van der Waals surface area contributed by atoms with Crippen LogP contribution in [0, 0.1) is 0 Å². The van der Waals surface area contributed by atoms with Gasteiger partial charge in [-0.15, -0.1) is 0 Å². The van der Waals surface area contributed by atoms with E-state index >= 15 is 0 Å². The van der Waals surface area contributed by atoms with Gasteiger partial charge in [0.25, 0.3) is 0 Å². The molecular weight excluding hydrogens is 313 g/mol. The number of likely N-dealkylation sites (tertiary alicyclic amines) is 1. The number of hydrogen-bond donors (Lipinski definition) is 2. The van der Waals surface area contributed by atoms with Crippen molar-refractivity contribution in [1.82, 2.24) is 20.4 Å². The van der Waals surface area contributed by atoms with E-state index in [0.29, 0.717) is 10.9 Å². The van der Waals surface area contributed by atoms with Crippen molar-refractivity contribution in [3.05, 3.63) is 0 Å². The van der Waals surface area contributed by atoms with Crippen LogP contribution in [0.25, 0.3) is 0 Å². The van der Waals surface area contributed by atoms with E-state index in [0.717, 1.165) is 33.0 Å². The lowest BCUT2D eigenvalue weighted by molar-refractivity contribution is -0.157. The lowest BCUT2D eigenvalue weighted by Crippen LogP contribution is -2.50. The van der Waals surface area contributed by atoms with Crippen LogP contribution in [0.1, 0.15) is 25.7 Å². The Labute approximate surface area is 133 Å². The summed E-state index contributed by atoms with van der Waals surface area (Å²) in [6.07, 6.45) is -0.224. The molecule has 2 aliphatic rings. The number of amides is 3. The molecule has 2 rings (SSSR count). The molecule has 1 aliphatic carbocycles. The number of carbonyl (C=O) groups excluding carboxylic acids is 2. The molecular formula is C14H23F3N4O2. The van der Waals surface area contributed by atoms with Gasteiger partial charge in [-0.05, 0) is 25.7 Å². The second-order valence-electron chi connectivity index (χ2n) is 6.23. The SMILES string of the molecule is CN(CC(F)(F)F)C(=O)CNC(=O)NC1CCN(C2CC2)CC1. The van der Waals surface area contributed by atoms with Gasteiger partial charge in [0.1, 0.15) is 6.54 Å². The third-order valence-electron chi connectivity index (χ3n) is 4.17. The van der Waals surface area contributed by atoms with Crippen LogP contribution in [0.2, 0.25) is 0 Å². The summed E-state index contributed by atoms with van der Waals surface area (Å²) in [6, 6.07) is 0.253. The van der Waals surface area contributed by atoms with Crippen LogP contribution in [-0.2, 0) is 4.79 Å². The highest BCUT2D eigenvalue weighted by Crippen LogP contribution is 2.29. The molecule has 0 spiro atoms. The number of likely N-dealkylation sites (N-methyl/N-ethyl adjacent to an activating group) is 1. The van der Waals surface area contributed by atoms with Gasteiger partial charge in [-0.2, -0.15) is 13.2 Å². The molecule has 0 atom stereocenters. The molecule has 0 aromatic rings. The minimum absolute atomic E-state index is 0.0491. The van der Waals surface area contributed by atoms with Gasteiger partial charge in [-0.1, -0.05) is 0 Å². The van der Waals surface area contributed by atoms with Crippen LogP contribution in [0.4, 0.5) is 18.0 Å². The maximum absolute atomic E-state index is 12.2. The van der Waals surface area contributed by atoms with Gasteiger partial charge < -0.3 is 20.4 Å². The molecule has 0 aromatic heterocycles. The fraction of sp³-hybridized carbons (Fsp3) is 0.857. The second kappa shape index (κ2) is 7.37. The van der Waals surface area contributed by atoms with Crippen molar-refractivity contribution in [3.8, 4) is 0 Å². The van der Waals surface area contributed by atoms with E-state index < -0.39 is 31.2 Å². The summed E-state index contributed by atoms with van der Waals surface area (Å²) in [7, 11) is 1.06. The number of alkyl halides is 3. The molecule has 1 saturated carbocycles. The van der Waals surface area contributed by atoms with Gasteiger partial charge in [-0.25, -0.2) is 4.79 Å². The van der Waals surface area contributed by atoms with Crippen LogP contribution >= 0.6 is 0 Å². The van der Waals surface area contributed by atoms with E-state index in [1.165, 1.54) is 12.8 Å². The van der Waals surface area contributed by atoms with Crippen LogP contribution in [0.3, 0.4) is 0 Å². The van der Waals surface area contributed by atoms with E-state index in [4.69, 9.17) is 0 Å². The molecule has 3 amide bonds. The highest BCUT2D eigenvalue weighted by Gasteiger charge is 2.33. The summed E-state index contributed by atoms with van der Waals surface area (Å²) in [5, 5.41) is 5.09. The van der Waals surface area contributed by atoms with Crippen molar-refractivity contribution in [3.63, 3.8) is 0 Å². The van der Waals surface area contributed by atoms with Gasteiger partial charge >= 0.3 is 12.2 Å². The van der Waals surface area contributed by atoms with Crippen LogP contribution in [0.15, 0.2) is 0 Å². The minimum atomic E-state index is -4.44. The number of urea groups is 1. The van der Waals surface area contributed by atoms with Gasteiger partial charge in [0.2, 0.25) is 5.91 Å². The Morgan fingerprint density at radius 2 is 1.78 bits per heavy atom. The van der Waals surface area contributed by atoms with Crippen LogP contribution in [0.5, 0.6) is 0 Å². The fourth-order valence-corrected chi connectivity index (χ4v) is 2.73. The lowest BCUT2D eigenvalue weighted by atomic mass is 10.1. The third-order valence-corrected chi connectivity index (χ3v) is 4.17. The summed E-state index contributed by atoms with van der Waals surface area (Å²) >= 11 is 0. The number of nitrogens with zero attached hydrogens (tertiary/aromatic N) is 2. The minimum Gasteiger partial charge on any atom is -0.335 e. The van der Waals surface area contributed by atoms with E-state index in [9.17, 15) is 22.8 Å². The maximum Gasteiger partial charge on any atom is 0.406 e. The van der Waals surface area contributed by atoms with Crippen LogP contribution < -0.4 is 10.6 Å². The average molecular weight is 336 g/mol. The first-order chi connectivity index (χ1) is 10.7. The number of carbonyl (C=O) groups is 2. The summed E-state index contributed by atoms with van der Waals surface area (Å²) in [4.78, 5) is 26.2. The Morgan fingerprint density at radius 3 is 2.30 bits per heavy atom. The summed E-state index contributed by atoms with van der Waals surface area (Å²) in [6.45, 7) is 0.125. The summed E-state index contributed by atoms with van der Waals surface area (Å²) in [5.41, 5.74) is 0. The van der Waals surface area contributed by atoms with Gasteiger partial charge in [-0.3, -0.25) is 4.79 Å². The van der Waals surface area contributed by atoms with E-state index in [-0.39, 0.29) is 6.04 Å².